The van der Waals surface area contributed by atoms with Crippen LogP contribution < -0.4 is 9.47 Å². The standard InChI is InChI=1S/C20H15BrN2O4S/c1-26-17-10-13(6-7-16(17)27-9-8-22)11-18-19(24)23(20(25)28-18)12-14-4-2-3-5-15(14)21/h2-7,10-11H,9,12H2,1H3/b18-11-. The number of rotatable bonds is 6. The Bertz CT molecular complexity index is 1000. The number of ether oxygens (including phenoxy) is 2. The first-order valence-corrected chi connectivity index (χ1v) is 9.81. The largest absolute Gasteiger partial charge is 0.493 e. The SMILES string of the molecule is COc1cc(/C=C2\SC(=O)N(Cc3ccccc3Br)C2=O)ccc1OCC#N. The van der Waals surface area contributed by atoms with Gasteiger partial charge in [0.2, 0.25) is 0 Å². The molecule has 0 radical (unpaired) electrons. The fourth-order valence-corrected chi connectivity index (χ4v) is 3.84. The molecule has 0 aromatic heterocycles. The minimum atomic E-state index is -0.338. The maximum atomic E-state index is 12.7. The topological polar surface area (TPSA) is 79.6 Å². The van der Waals surface area contributed by atoms with Crippen molar-refractivity contribution in [3.8, 4) is 17.6 Å². The smallest absolute Gasteiger partial charge is 0.293 e. The van der Waals surface area contributed by atoms with E-state index in [9.17, 15) is 9.59 Å². The van der Waals surface area contributed by atoms with Gasteiger partial charge < -0.3 is 9.47 Å². The van der Waals surface area contributed by atoms with Crippen LogP contribution in [0.1, 0.15) is 11.1 Å². The molecule has 0 N–H and O–H groups in total. The van der Waals surface area contributed by atoms with Crippen molar-refractivity contribution in [3.05, 3.63) is 63.0 Å². The van der Waals surface area contributed by atoms with Crippen LogP contribution >= 0.6 is 27.7 Å². The normalized spacial score (nSPS) is 15.0. The zero-order valence-corrected chi connectivity index (χ0v) is 17.2. The lowest BCUT2D eigenvalue weighted by molar-refractivity contribution is -0.123. The van der Waals surface area contributed by atoms with Gasteiger partial charge in [0.1, 0.15) is 6.07 Å². The molecule has 1 heterocycles. The number of amides is 2. The molecule has 2 aromatic rings. The lowest BCUT2D eigenvalue weighted by atomic mass is 10.1. The minimum Gasteiger partial charge on any atom is -0.493 e. The van der Waals surface area contributed by atoms with E-state index in [0.717, 1.165) is 21.8 Å². The third kappa shape index (κ3) is 4.38. The first kappa shape index (κ1) is 20.0. The van der Waals surface area contributed by atoms with Crippen LogP contribution in [-0.4, -0.2) is 29.8 Å². The van der Waals surface area contributed by atoms with E-state index in [1.54, 1.807) is 24.3 Å². The summed E-state index contributed by atoms with van der Waals surface area (Å²) < 4.78 is 11.4. The molecule has 1 aliphatic heterocycles. The number of imide groups is 1. The molecule has 1 aliphatic rings. The summed E-state index contributed by atoms with van der Waals surface area (Å²) in [6, 6.07) is 14.4. The van der Waals surface area contributed by atoms with Crippen molar-refractivity contribution in [1.82, 2.24) is 4.90 Å². The van der Waals surface area contributed by atoms with Gasteiger partial charge >= 0.3 is 0 Å². The second kappa shape index (κ2) is 8.95. The number of carbonyl (C=O) groups is 2. The van der Waals surface area contributed by atoms with Crippen molar-refractivity contribution in [2.75, 3.05) is 13.7 Å². The monoisotopic (exact) mass is 458 g/mol. The molecule has 2 amide bonds. The lowest BCUT2D eigenvalue weighted by Crippen LogP contribution is -2.27. The highest BCUT2D eigenvalue weighted by atomic mass is 79.9. The number of nitriles is 1. The Labute approximate surface area is 174 Å². The van der Waals surface area contributed by atoms with Crippen molar-refractivity contribution < 1.29 is 19.1 Å². The van der Waals surface area contributed by atoms with E-state index in [0.29, 0.717) is 22.0 Å². The lowest BCUT2D eigenvalue weighted by Gasteiger charge is -2.13. The Kier molecular flexibility index (Phi) is 6.39. The molecule has 0 saturated carbocycles. The number of thioether (sulfide) groups is 1. The van der Waals surface area contributed by atoms with E-state index in [2.05, 4.69) is 15.9 Å². The average molecular weight is 459 g/mol. The van der Waals surface area contributed by atoms with Crippen LogP contribution in [0.5, 0.6) is 11.5 Å². The van der Waals surface area contributed by atoms with Crippen LogP contribution in [0.25, 0.3) is 6.08 Å². The van der Waals surface area contributed by atoms with Crippen molar-refractivity contribution in [3.63, 3.8) is 0 Å². The molecule has 0 atom stereocenters. The molecule has 6 nitrogen and oxygen atoms in total. The molecule has 1 fully saturated rings. The van der Waals surface area contributed by atoms with Crippen molar-refractivity contribution in [2.24, 2.45) is 0 Å². The van der Waals surface area contributed by atoms with Gasteiger partial charge in [0.25, 0.3) is 11.1 Å². The molecular weight excluding hydrogens is 444 g/mol. The Morgan fingerprint density at radius 2 is 2.00 bits per heavy atom. The van der Waals surface area contributed by atoms with Gasteiger partial charge in [0.05, 0.1) is 18.6 Å². The number of hydrogen-bond acceptors (Lipinski definition) is 6. The van der Waals surface area contributed by atoms with E-state index in [1.165, 1.54) is 12.0 Å². The Hall–Kier alpha value is -2.76. The van der Waals surface area contributed by atoms with Crippen molar-refractivity contribution in [2.45, 2.75) is 6.54 Å². The number of methoxy groups -OCH3 is 1. The highest BCUT2D eigenvalue weighted by Crippen LogP contribution is 2.35. The zero-order valence-electron chi connectivity index (χ0n) is 14.8. The molecule has 2 aromatic carbocycles. The van der Waals surface area contributed by atoms with Gasteiger partial charge in [-0.15, -0.1) is 0 Å². The summed E-state index contributed by atoms with van der Waals surface area (Å²) in [6.45, 7) is 0.108. The van der Waals surface area contributed by atoms with E-state index < -0.39 is 0 Å². The molecule has 1 saturated heterocycles. The first-order chi connectivity index (χ1) is 13.5. The maximum Gasteiger partial charge on any atom is 0.293 e. The molecule has 28 heavy (non-hydrogen) atoms. The predicted octanol–water partition coefficient (Wildman–Crippen LogP) is 4.60. The summed E-state index contributed by atoms with van der Waals surface area (Å²) in [4.78, 5) is 26.6. The Morgan fingerprint density at radius 1 is 1.21 bits per heavy atom. The van der Waals surface area contributed by atoms with Crippen LogP contribution in [0.3, 0.4) is 0 Å². The Morgan fingerprint density at radius 3 is 2.71 bits per heavy atom. The van der Waals surface area contributed by atoms with E-state index in [1.807, 2.05) is 30.3 Å². The molecular formula is C20H15BrN2O4S. The third-order valence-corrected chi connectivity index (χ3v) is 5.62. The first-order valence-electron chi connectivity index (χ1n) is 8.20. The summed E-state index contributed by atoms with van der Waals surface area (Å²) >= 11 is 4.34. The molecule has 142 valence electrons. The van der Waals surface area contributed by atoms with E-state index >= 15 is 0 Å². The molecule has 0 bridgehead atoms. The van der Waals surface area contributed by atoms with Gasteiger partial charge in [-0.05, 0) is 47.2 Å². The van der Waals surface area contributed by atoms with Gasteiger partial charge in [0, 0.05) is 4.47 Å². The third-order valence-electron chi connectivity index (χ3n) is 3.94. The van der Waals surface area contributed by atoms with Gasteiger partial charge in [-0.1, -0.05) is 40.2 Å². The number of nitrogens with zero attached hydrogens (tertiary/aromatic N) is 2. The molecule has 0 aliphatic carbocycles. The summed E-state index contributed by atoms with van der Waals surface area (Å²) in [5.41, 5.74) is 1.54. The Balaban J connectivity index is 1.81. The van der Waals surface area contributed by atoms with Gasteiger partial charge in [-0.2, -0.15) is 5.26 Å². The molecule has 3 rings (SSSR count). The second-order valence-corrected chi connectivity index (χ2v) is 7.56. The zero-order chi connectivity index (χ0) is 20.1. The van der Waals surface area contributed by atoms with Crippen LogP contribution in [0, 0.1) is 11.3 Å². The second-order valence-electron chi connectivity index (χ2n) is 5.72. The maximum absolute atomic E-state index is 12.7. The highest BCUT2D eigenvalue weighted by Gasteiger charge is 2.35. The number of benzene rings is 2. The molecule has 8 heteroatoms. The van der Waals surface area contributed by atoms with Crippen LogP contribution in [0.15, 0.2) is 51.8 Å². The van der Waals surface area contributed by atoms with Crippen LogP contribution in [-0.2, 0) is 11.3 Å². The minimum absolute atomic E-state index is 0.0936. The van der Waals surface area contributed by atoms with Crippen molar-refractivity contribution >= 4 is 44.9 Å². The summed E-state index contributed by atoms with van der Waals surface area (Å²) in [5, 5.41) is 8.32. The fraction of sp³-hybridized carbons (Fsp3) is 0.150. The van der Waals surface area contributed by atoms with Gasteiger partial charge in [0.15, 0.2) is 18.1 Å². The number of hydrogen-bond donors (Lipinski definition) is 0. The van der Waals surface area contributed by atoms with E-state index in [-0.39, 0.29) is 24.3 Å². The molecule has 0 spiro atoms. The quantitative estimate of drug-likeness (QED) is 0.588. The fourth-order valence-electron chi connectivity index (χ4n) is 2.59. The van der Waals surface area contributed by atoms with Crippen molar-refractivity contribution in [1.29, 1.82) is 5.26 Å². The highest BCUT2D eigenvalue weighted by molar-refractivity contribution is 9.10. The number of carbonyl (C=O) groups excluding carboxylic acids is 2. The summed E-state index contributed by atoms with van der Waals surface area (Å²) in [7, 11) is 1.49. The summed E-state index contributed by atoms with van der Waals surface area (Å²) in [5.74, 6) is 0.536. The van der Waals surface area contributed by atoms with Gasteiger partial charge in [-0.3, -0.25) is 14.5 Å². The van der Waals surface area contributed by atoms with Gasteiger partial charge in [-0.25, -0.2) is 0 Å². The van der Waals surface area contributed by atoms with E-state index in [4.69, 9.17) is 14.7 Å². The van der Waals surface area contributed by atoms with Crippen LogP contribution in [0.2, 0.25) is 0 Å². The number of halogens is 1. The predicted molar refractivity (Wildman–Crippen MR) is 110 cm³/mol. The summed E-state index contributed by atoms with van der Waals surface area (Å²) in [6.07, 6.45) is 1.64. The molecule has 0 unspecified atom stereocenters. The average Bonchev–Trinajstić information content (AvgIpc) is 2.95. The van der Waals surface area contributed by atoms with Crippen LogP contribution in [0.4, 0.5) is 4.79 Å².